The van der Waals surface area contributed by atoms with Crippen molar-refractivity contribution in [2.24, 2.45) is 0 Å². The van der Waals surface area contributed by atoms with E-state index in [4.69, 9.17) is 14.3 Å². The zero-order valence-corrected chi connectivity index (χ0v) is 17.1. The monoisotopic (exact) mass is 408 g/mol. The topological polar surface area (TPSA) is 60.0 Å². The van der Waals surface area contributed by atoms with Gasteiger partial charge < -0.3 is 14.4 Å². The number of rotatable bonds is 6. The molecule has 1 amide bonds. The van der Waals surface area contributed by atoms with Crippen molar-refractivity contribution in [2.45, 2.75) is 25.6 Å². The highest BCUT2D eigenvalue weighted by molar-refractivity contribution is 5.91. The molecule has 6 heteroatoms. The Balaban J connectivity index is 1.30. The van der Waals surface area contributed by atoms with E-state index in [0.29, 0.717) is 6.61 Å². The number of hydrogen-bond acceptors (Lipinski definition) is 5. The molecular formula is C24H28N2O4. The summed E-state index contributed by atoms with van der Waals surface area (Å²) in [6.45, 7) is 4.13. The summed E-state index contributed by atoms with van der Waals surface area (Å²) in [6, 6.07) is 16.7. The third kappa shape index (κ3) is 5.69. The third-order valence-electron chi connectivity index (χ3n) is 5.34. The van der Waals surface area contributed by atoms with Crippen LogP contribution in [0.25, 0.3) is 17.2 Å². The smallest absolute Gasteiger partial charge is 0.267 e. The van der Waals surface area contributed by atoms with E-state index in [9.17, 15) is 4.79 Å². The Morgan fingerprint density at radius 1 is 0.967 bits per heavy atom. The minimum atomic E-state index is -0.343. The fourth-order valence-electron chi connectivity index (χ4n) is 3.61. The maximum atomic E-state index is 11.9. The second-order valence-electron chi connectivity index (χ2n) is 7.48. The number of amides is 1. The first-order chi connectivity index (χ1) is 14.8. The Bertz CT molecular complexity index is 837. The number of carbonyl (C=O) groups excluding carboxylic acids is 1. The van der Waals surface area contributed by atoms with Crippen LogP contribution in [0.15, 0.2) is 54.6 Å². The van der Waals surface area contributed by atoms with Crippen molar-refractivity contribution in [3.8, 4) is 11.1 Å². The first-order valence-electron chi connectivity index (χ1n) is 10.6. The van der Waals surface area contributed by atoms with E-state index in [-0.39, 0.29) is 12.2 Å². The number of anilines is 1. The summed E-state index contributed by atoms with van der Waals surface area (Å²) < 4.78 is 10.8. The van der Waals surface area contributed by atoms with Gasteiger partial charge in [0.05, 0.1) is 13.2 Å². The highest BCUT2D eigenvalue weighted by atomic mass is 16.8. The zero-order valence-electron chi connectivity index (χ0n) is 17.1. The lowest BCUT2D eigenvalue weighted by atomic mass is 10.0. The van der Waals surface area contributed by atoms with E-state index >= 15 is 0 Å². The number of hydroxylamine groups is 1. The number of morpholine rings is 1. The molecule has 6 nitrogen and oxygen atoms in total. The molecule has 2 aromatic carbocycles. The molecule has 1 unspecified atom stereocenters. The van der Waals surface area contributed by atoms with E-state index in [1.165, 1.54) is 17.3 Å². The van der Waals surface area contributed by atoms with Gasteiger partial charge in [0.1, 0.15) is 0 Å². The quantitative estimate of drug-likeness (QED) is 0.582. The lowest BCUT2D eigenvalue weighted by Crippen LogP contribution is -2.36. The molecule has 0 saturated carbocycles. The summed E-state index contributed by atoms with van der Waals surface area (Å²) in [5, 5.41) is 0. The summed E-state index contributed by atoms with van der Waals surface area (Å²) in [6.07, 6.45) is 5.80. The van der Waals surface area contributed by atoms with E-state index in [2.05, 4.69) is 46.8 Å². The number of ether oxygens (including phenoxy) is 2. The molecule has 2 aliphatic rings. The molecule has 0 aliphatic carbocycles. The van der Waals surface area contributed by atoms with E-state index < -0.39 is 0 Å². The summed E-state index contributed by atoms with van der Waals surface area (Å²) in [5.41, 5.74) is 6.92. The molecule has 158 valence electrons. The standard InChI is InChI=1S/C24H28N2O4/c27-23(25-30-24-3-1-2-16-29-24)13-6-19-4-7-20(8-5-19)21-9-11-22(12-10-21)26-14-17-28-18-15-26/h4-13,24H,1-3,14-18H2,(H,25,27)/b13-6+. The van der Waals surface area contributed by atoms with Gasteiger partial charge in [-0.25, -0.2) is 10.3 Å². The van der Waals surface area contributed by atoms with Crippen LogP contribution in [0.4, 0.5) is 5.69 Å². The predicted octanol–water partition coefficient (Wildman–Crippen LogP) is 3.78. The third-order valence-corrected chi connectivity index (χ3v) is 5.34. The molecule has 0 spiro atoms. The summed E-state index contributed by atoms with van der Waals surface area (Å²) >= 11 is 0. The van der Waals surface area contributed by atoms with Gasteiger partial charge in [0.25, 0.3) is 5.91 Å². The molecule has 4 rings (SSSR count). The van der Waals surface area contributed by atoms with Crippen molar-refractivity contribution >= 4 is 17.7 Å². The van der Waals surface area contributed by atoms with Gasteiger partial charge in [-0.1, -0.05) is 36.4 Å². The Morgan fingerprint density at radius 2 is 1.67 bits per heavy atom. The molecule has 2 aliphatic heterocycles. The van der Waals surface area contributed by atoms with Crippen molar-refractivity contribution in [1.82, 2.24) is 5.48 Å². The predicted molar refractivity (Wildman–Crippen MR) is 117 cm³/mol. The Labute approximate surface area is 177 Å². The van der Waals surface area contributed by atoms with Crippen molar-refractivity contribution < 1.29 is 19.1 Å². The van der Waals surface area contributed by atoms with Gasteiger partial charge in [0.15, 0.2) is 6.29 Å². The second kappa shape index (κ2) is 10.4. The normalized spacial score (nSPS) is 19.7. The van der Waals surface area contributed by atoms with Gasteiger partial charge in [-0.15, -0.1) is 0 Å². The SMILES string of the molecule is O=C(/C=C/c1ccc(-c2ccc(N3CCOCC3)cc2)cc1)NOC1CCCCO1. The Hall–Kier alpha value is -2.67. The summed E-state index contributed by atoms with van der Waals surface area (Å²) in [7, 11) is 0. The van der Waals surface area contributed by atoms with E-state index in [1.807, 2.05) is 12.1 Å². The van der Waals surface area contributed by atoms with Crippen LogP contribution in [0.1, 0.15) is 24.8 Å². The minimum absolute atomic E-state index is 0.299. The van der Waals surface area contributed by atoms with Crippen LogP contribution in [0.2, 0.25) is 0 Å². The highest BCUT2D eigenvalue weighted by Crippen LogP contribution is 2.24. The molecule has 1 N–H and O–H groups in total. The molecule has 2 heterocycles. The molecule has 30 heavy (non-hydrogen) atoms. The average molecular weight is 408 g/mol. The Morgan fingerprint density at radius 3 is 2.33 bits per heavy atom. The molecule has 2 fully saturated rings. The van der Waals surface area contributed by atoms with Crippen molar-refractivity contribution in [3.63, 3.8) is 0 Å². The minimum Gasteiger partial charge on any atom is -0.378 e. The van der Waals surface area contributed by atoms with E-state index in [0.717, 1.165) is 56.7 Å². The molecule has 1 atom stereocenters. The van der Waals surface area contributed by atoms with Gasteiger partial charge in [0.2, 0.25) is 0 Å². The summed E-state index contributed by atoms with van der Waals surface area (Å²) in [5.74, 6) is -0.299. The van der Waals surface area contributed by atoms with Gasteiger partial charge in [-0.3, -0.25) is 4.79 Å². The summed E-state index contributed by atoms with van der Waals surface area (Å²) in [4.78, 5) is 19.5. The van der Waals surface area contributed by atoms with Crippen molar-refractivity contribution in [2.75, 3.05) is 37.8 Å². The van der Waals surface area contributed by atoms with Crippen LogP contribution in [0.5, 0.6) is 0 Å². The maximum absolute atomic E-state index is 11.9. The molecule has 2 aromatic rings. The molecule has 0 bridgehead atoms. The Kier molecular flexibility index (Phi) is 7.13. The first-order valence-corrected chi connectivity index (χ1v) is 10.6. The second-order valence-corrected chi connectivity index (χ2v) is 7.48. The fourth-order valence-corrected chi connectivity index (χ4v) is 3.61. The van der Waals surface area contributed by atoms with Gasteiger partial charge in [-0.05, 0) is 47.7 Å². The molecule has 0 radical (unpaired) electrons. The van der Waals surface area contributed by atoms with Gasteiger partial charge in [-0.2, -0.15) is 0 Å². The zero-order chi connectivity index (χ0) is 20.6. The van der Waals surface area contributed by atoms with Crippen LogP contribution >= 0.6 is 0 Å². The van der Waals surface area contributed by atoms with Gasteiger partial charge >= 0.3 is 0 Å². The number of nitrogens with one attached hydrogen (secondary N) is 1. The van der Waals surface area contributed by atoms with Crippen LogP contribution in [0.3, 0.4) is 0 Å². The van der Waals surface area contributed by atoms with Crippen LogP contribution in [0, 0.1) is 0 Å². The first kappa shape index (κ1) is 20.6. The van der Waals surface area contributed by atoms with Crippen molar-refractivity contribution in [3.05, 3.63) is 60.2 Å². The van der Waals surface area contributed by atoms with Gasteiger partial charge in [0, 0.05) is 37.9 Å². The number of benzene rings is 2. The molecule has 0 aromatic heterocycles. The lowest BCUT2D eigenvalue weighted by Gasteiger charge is -2.28. The molecular weight excluding hydrogens is 380 g/mol. The molecule has 2 saturated heterocycles. The van der Waals surface area contributed by atoms with Crippen LogP contribution in [-0.4, -0.2) is 45.1 Å². The number of carbonyl (C=O) groups is 1. The van der Waals surface area contributed by atoms with E-state index in [1.54, 1.807) is 6.08 Å². The lowest BCUT2D eigenvalue weighted by molar-refractivity contribution is -0.198. The average Bonchev–Trinajstić information content (AvgIpc) is 2.83. The highest BCUT2D eigenvalue weighted by Gasteiger charge is 2.15. The van der Waals surface area contributed by atoms with Crippen molar-refractivity contribution in [1.29, 1.82) is 0 Å². The largest absolute Gasteiger partial charge is 0.378 e. The number of nitrogens with zero attached hydrogens (tertiary/aromatic N) is 1. The van der Waals surface area contributed by atoms with Crippen LogP contribution in [-0.2, 0) is 19.1 Å². The number of hydrogen-bond donors (Lipinski definition) is 1. The fraction of sp³-hybridized carbons (Fsp3) is 0.375. The maximum Gasteiger partial charge on any atom is 0.267 e. The van der Waals surface area contributed by atoms with Crippen LogP contribution < -0.4 is 10.4 Å².